The summed E-state index contributed by atoms with van der Waals surface area (Å²) in [5.74, 6) is -0.220. The van der Waals surface area contributed by atoms with Crippen LogP contribution in [0.2, 0.25) is 0 Å². The fraction of sp³-hybridized carbons (Fsp3) is 0.188. The molecule has 90 valence electrons. The number of carbonyl (C=O) groups excluding carboxylic acids is 1. The molecule has 3 rings (SSSR count). The lowest BCUT2D eigenvalue weighted by Crippen LogP contribution is -2.16. The van der Waals surface area contributed by atoms with E-state index in [4.69, 9.17) is 0 Å². The molecule has 0 aromatic heterocycles. The van der Waals surface area contributed by atoms with Crippen molar-refractivity contribution in [2.24, 2.45) is 5.92 Å². The average molecular weight is 238 g/mol. The minimum Gasteiger partial charge on any atom is -0.396 e. The number of carbonyl (C=O) groups is 1. The largest absolute Gasteiger partial charge is 0.396 e. The Hall–Kier alpha value is -1.93. The van der Waals surface area contributed by atoms with Gasteiger partial charge in [-0.3, -0.25) is 4.79 Å². The fourth-order valence-corrected chi connectivity index (χ4v) is 2.62. The summed E-state index contributed by atoms with van der Waals surface area (Å²) >= 11 is 0. The van der Waals surface area contributed by atoms with Gasteiger partial charge in [0, 0.05) is 5.92 Å². The molecule has 2 aromatic carbocycles. The maximum Gasteiger partial charge on any atom is 0.163 e. The highest BCUT2D eigenvalue weighted by Crippen LogP contribution is 2.33. The highest BCUT2D eigenvalue weighted by atomic mass is 16.3. The van der Waals surface area contributed by atoms with Crippen molar-refractivity contribution in [1.82, 2.24) is 0 Å². The molecule has 0 fully saturated rings. The second-order valence-electron chi connectivity index (χ2n) is 4.69. The van der Waals surface area contributed by atoms with Crippen LogP contribution in [0.4, 0.5) is 0 Å². The Morgan fingerprint density at radius 2 is 1.83 bits per heavy atom. The molecule has 18 heavy (non-hydrogen) atoms. The smallest absolute Gasteiger partial charge is 0.163 e. The van der Waals surface area contributed by atoms with Gasteiger partial charge < -0.3 is 5.11 Å². The van der Waals surface area contributed by atoms with Crippen LogP contribution in [0.25, 0.3) is 10.8 Å². The van der Waals surface area contributed by atoms with Gasteiger partial charge in [0.25, 0.3) is 0 Å². The number of ketones is 1. The number of hydrogen-bond donors (Lipinski definition) is 1. The molecule has 1 N–H and O–H groups in total. The molecule has 0 aliphatic heterocycles. The molecule has 1 aliphatic carbocycles. The summed E-state index contributed by atoms with van der Waals surface area (Å²) in [4.78, 5) is 11.9. The lowest BCUT2D eigenvalue weighted by atomic mass is 9.87. The minimum absolute atomic E-state index is 0.0136. The summed E-state index contributed by atoms with van der Waals surface area (Å²) in [6.07, 6.45) is 3.39. The van der Waals surface area contributed by atoms with E-state index in [1.54, 1.807) is 6.08 Å². The molecule has 2 heteroatoms. The fourth-order valence-electron chi connectivity index (χ4n) is 2.62. The highest BCUT2D eigenvalue weighted by Gasteiger charge is 2.30. The second-order valence-corrected chi connectivity index (χ2v) is 4.69. The SMILES string of the molecule is O=C1C=CC(CO)C1c1ccc2ccccc2c1. The molecule has 0 radical (unpaired) electrons. The third kappa shape index (κ3) is 1.75. The topological polar surface area (TPSA) is 37.3 Å². The lowest BCUT2D eigenvalue weighted by Gasteiger charge is -2.16. The maximum absolute atomic E-state index is 11.9. The summed E-state index contributed by atoms with van der Waals surface area (Å²) in [6.45, 7) is 0.0136. The molecule has 2 nitrogen and oxygen atoms in total. The normalized spacial score (nSPS) is 22.8. The molecule has 2 unspecified atom stereocenters. The first-order chi connectivity index (χ1) is 8.79. The van der Waals surface area contributed by atoms with Crippen LogP contribution < -0.4 is 0 Å². The van der Waals surface area contributed by atoms with Crippen molar-refractivity contribution in [3.8, 4) is 0 Å². The van der Waals surface area contributed by atoms with Gasteiger partial charge in [-0.1, -0.05) is 48.5 Å². The maximum atomic E-state index is 11.9. The second kappa shape index (κ2) is 4.39. The van der Waals surface area contributed by atoms with Crippen LogP contribution in [0.15, 0.2) is 54.6 Å². The number of allylic oxidation sites excluding steroid dienone is 1. The van der Waals surface area contributed by atoms with Gasteiger partial charge in [-0.2, -0.15) is 0 Å². The number of fused-ring (bicyclic) bond motifs is 1. The van der Waals surface area contributed by atoms with E-state index in [1.807, 2.05) is 42.5 Å². The van der Waals surface area contributed by atoms with Gasteiger partial charge in [0.05, 0.1) is 12.5 Å². The quantitative estimate of drug-likeness (QED) is 0.873. The Morgan fingerprint density at radius 3 is 2.61 bits per heavy atom. The van der Waals surface area contributed by atoms with Crippen molar-refractivity contribution >= 4 is 16.6 Å². The third-order valence-electron chi connectivity index (χ3n) is 3.59. The number of benzene rings is 2. The van der Waals surface area contributed by atoms with E-state index in [0.29, 0.717) is 0 Å². The first-order valence-electron chi connectivity index (χ1n) is 6.11. The predicted octanol–water partition coefficient (Wildman–Crippen LogP) is 2.67. The Kier molecular flexibility index (Phi) is 2.73. The molecule has 0 heterocycles. The van der Waals surface area contributed by atoms with Crippen molar-refractivity contribution in [1.29, 1.82) is 0 Å². The summed E-state index contributed by atoms with van der Waals surface area (Å²) in [6, 6.07) is 14.2. The summed E-state index contributed by atoms with van der Waals surface area (Å²) in [7, 11) is 0. The molecule has 0 spiro atoms. The van der Waals surface area contributed by atoms with E-state index in [2.05, 4.69) is 6.07 Å². The summed E-state index contributed by atoms with van der Waals surface area (Å²) in [5.41, 5.74) is 0.989. The van der Waals surface area contributed by atoms with Gasteiger partial charge in [0.1, 0.15) is 0 Å². The van der Waals surface area contributed by atoms with E-state index < -0.39 is 0 Å². The summed E-state index contributed by atoms with van der Waals surface area (Å²) < 4.78 is 0. The molecule has 2 aromatic rings. The molecular formula is C16H14O2. The molecule has 0 amide bonds. The zero-order valence-corrected chi connectivity index (χ0v) is 9.91. The van der Waals surface area contributed by atoms with Gasteiger partial charge in [-0.25, -0.2) is 0 Å². The van der Waals surface area contributed by atoms with E-state index in [9.17, 15) is 9.90 Å². The van der Waals surface area contributed by atoms with Crippen molar-refractivity contribution < 1.29 is 9.90 Å². The van der Waals surface area contributed by atoms with Gasteiger partial charge in [-0.15, -0.1) is 0 Å². The Balaban J connectivity index is 2.06. The van der Waals surface area contributed by atoms with E-state index in [1.165, 1.54) is 5.39 Å². The number of rotatable bonds is 2. The van der Waals surface area contributed by atoms with Crippen LogP contribution in [0, 0.1) is 5.92 Å². The number of aliphatic hydroxyl groups excluding tert-OH is 1. The molecular weight excluding hydrogens is 224 g/mol. The number of aliphatic hydroxyl groups is 1. The van der Waals surface area contributed by atoms with Crippen LogP contribution in [-0.4, -0.2) is 17.5 Å². The first-order valence-corrected chi connectivity index (χ1v) is 6.11. The van der Waals surface area contributed by atoms with Crippen molar-refractivity contribution in [2.75, 3.05) is 6.61 Å². The van der Waals surface area contributed by atoms with E-state index >= 15 is 0 Å². The van der Waals surface area contributed by atoms with Gasteiger partial charge in [-0.05, 0) is 22.4 Å². The van der Waals surface area contributed by atoms with Gasteiger partial charge >= 0.3 is 0 Å². The van der Waals surface area contributed by atoms with E-state index in [-0.39, 0.29) is 24.2 Å². The molecule has 0 saturated carbocycles. The standard InChI is InChI=1S/C16H14O2/c17-10-14-7-8-15(18)16(14)13-6-5-11-3-1-2-4-12(11)9-13/h1-9,14,16-17H,10H2. The third-order valence-corrected chi connectivity index (χ3v) is 3.59. The van der Waals surface area contributed by atoms with Gasteiger partial charge in [0.15, 0.2) is 5.78 Å². The van der Waals surface area contributed by atoms with Crippen LogP contribution in [0.5, 0.6) is 0 Å². The van der Waals surface area contributed by atoms with Crippen LogP contribution >= 0.6 is 0 Å². The summed E-state index contributed by atoms with van der Waals surface area (Å²) in [5, 5.41) is 11.6. The van der Waals surface area contributed by atoms with Gasteiger partial charge in [0.2, 0.25) is 0 Å². The zero-order valence-electron chi connectivity index (χ0n) is 9.91. The zero-order chi connectivity index (χ0) is 12.5. The molecule has 2 atom stereocenters. The average Bonchev–Trinajstić information content (AvgIpc) is 2.79. The van der Waals surface area contributed by atoms with Crippen molar-refractivity contribution in [3.63, 3.8) is 0 Å². The minimum atomic E-state index is -0.223. The highest BCUT2D eigenvalue weighted by molar-refractivity contribution is 5.99. The monoisotopic (exact) mass is 238 g/mol. The van der Waals surface area contributed by atoms with E-state index in [0.717, 1.165) is 10.9 Å². The number of hydrogen-bond acceptors (Lipinski definition) is 2. The van der Waals surface area contributed by atoms with Crippen molar-refractivity contribution in [3.05, 3.63) is 60.2 Å². The van der Waals surface area contributed by atoms with Crippen LogP contribution in [0.1, 0.15) is 11.5 Å². The van der Waals surface area contributed by atoms with Crippen LogP contribution in [-0.2, 0) is 4.79 Å². The Bertz CT molecular complexity index is 628. The van der Waals surface area contributed by atoms with Crippen molar-refractivity contribution in [2.45, 2.75) is 5.92 Å². The predicted molar refractivity (Wildman–Crippen MR) is 71.4 cm³/mol. The Morgan fingerprint density at radius 1 is 1.06 bits per heavy atom. The van der Waals surface area contributed by atoms with Crippen LogP contribution in [0.3, 0.4) is 0 Å². The first kappa shape index (κ1) is 11.2. The molecule has 0 saturated heterocycles. The molecule has 1 aliphatic rings. The Labute approximate surface area is 106 Å². The molecule has 0 bridgehead atoms. The lowest BCUT2D eigenvalue weighted by molar-refractivity contribution is -0.116.